The topological polar surface area (TPSA) is 81.7 Å². The van der Waals surface area contributed by atoms with Gasteiger partial charge in [-0.25, -0.2) is 9.50 Å². The van der Waals surface area contributed by atoms with Gasteiger partial charge >= 0.3 is 5.38 Å². The molecule has 10 heteroatoms. The fraction of sp³-hybridized carbons (Fsp3) is 0.150. The smallest absolute Gasteiger partial charge is 0.364 e. The largest absolute Gasteiger partial charge is 0.495 e. The molecule has 0 saturated heterocycles. The van der Waals surface area contributed by atoms with Gasteiger partial charge in [-0.15, -0.1) is 0 Å². The fourth-order valence-corrected chi connectivity index (χ4v) is 3.08. The number of nitrogens with one attached hydrogen (secondary N) is 1. The van der Waals surface area contributed by atoms with Gasteiger partial charge < -0.3 is 14.5 Å². The van der Waals surface area contributed by atoms with Gasteiger partial charge in [0.1, 0.15) is 17.1 Å². The van der Waals surface area contributed by atoms with E-state index in [9.17, 15) is 13.6 Å². The van der Waals surface area contributed by atoms with Crippen LogP contribution >= 0.6 is 11.6 Å². The van der Waals surface area contributed by atoms with Gasteiger partial charge in [-0.3, -0.25) is 4.79 Å². The van der Waals surface area contributed by atoms with Crippen molar-refractivity contribution in [1.82, 2.24) is 14.6 Å². The van der Waals surface area contributed by atoms with Crippen LogP contribution in [0.25, 0.3) is 17.1 Å². The van der Waals surface area contributed by atoms with Crippen LogP contribution in [0.4, 0.5) is 14.5 Å². The third-order valence-electron chi connectivity index (χ3n) is 4.33. The highest BCUT2D eigenvalue weighted by Gasteiger charge is 2.33. The van der Waals surface area contributed by atoms with Gasteiger partial charge in [0.05, 0.1) is 19.1 Å². The average molecular weight is 433 g/mol. The number of methoxy groups -OCH3 is 1. The molecule has 0 fully saturated rings. The average Bonchev–Trinajstić information content (AvgIpc) is 3.36. The highest BCUT2D eigenvalue weighted by Crippen LogP contribution is 2.35. The molecule has 0 aliphatic rings. The Morgan fingerprint density at radius 3 is 2.73 bits per heavy atom. The van der Waals surface area contributed by atoms with Crippen LogP contribution in [-0.4, -0.2) is 27.6 Å². The summed E-state index contributed by atoms with van der Waals surface area (Å²) in [6, 6.07) is 10.8. The van der Waals surface area contributed by atoms with Crippen molar-refractivity contribution in [3.8, 4) is 17.2 Å². The van der Waals surface area contributed by atoms with Crippen molar-refractivity contribution in [3.63, 3.8) is 0 Å². The Hall–Kier alpha value is -3.46. The minimum Gasteiger partial charge on any atom is -0.495 e. The van der Waals surface area contributed by atoms with Crippen molar-refractivity contribution in [2.45, 2.75) is 12.3 Å². The summed E-state index contributed by atoms with van der Waals surface area (Å²) in [7, 11) is 1.47. The van der Waals surface area contributed by atoms with Crippen molar-refractivity contribution in [1.29, 1.82) is 0 Å². The maximum Gasteiger partial charge on any atom is 0.364 e. The molecule has 3 heterocycles. The van der Waals surface area contributed by atoms with E-state index in [1.807, 2.05) is 13.0 Å². The molecule has 0 radical (unpaired) electrons. The SMILES string of the molecule is COc1ccc(C)cc1NC(=O)c1cc2nc(-c3ccco3)cc(C(F)(F)Cl)n2n1. The summed E-state index contributed by atoms with van der Waals surface area (Å²) >= 11 is 5.28. The molecule has 1 aromatic carbocycles. The number of halogens is 3. The molecular formula is C20H15ClF2N4O3. The number of furan rings is 1. The molecule has 154 valence electrons. The van der Waals surface area contributed by atoms with Crippen molar-refractivity contribution in [2.75, 3.05) is 12.4 Å². The third kappa shape index (κ3) is 3.71. The maximum atomic E-state index is 14.0. The lowest BCUT2D eigenvalue weighted by Gasteiger charge is -2.11. The minimum atomic E-state index is -3.75. The highest BCUT2D eigenvalue weighted by atomic mass is 35.5. The summed E-state index contributed by atoms with van der Waals surface area (Å²) in [5.74, 6) is 0.105. The number of nitrogens with zero attached hydrogens (tertiary/aromatic N) is 3. The van der Waals surface area contributed by atoms with E-state index in [4.69, 9.17) is 20.8 Å². The van der Waals surface area contributed by atoms with Crippen molar-refractivity contribution in [2.24, 2.45) is 0 Å². The van der Waals surface area contributed by atoms with Crippen LogP contribution in [0.1, 0.15) is 21.7 Å². The van der Waals surface area contributed by atoms with Gasteiger partial charge in [0.25, 0.3) is 5.91 Å². The molecule has 0 aliphatic carbocycles. The van der Waals surface area contributed by atoms with Gasteiger partial charge in [-0.1, -0.05) is 6.07 Å². The number of amides is 1. The lowest BCUT2D eigenvalue weighted by molar-refractivity contribution is 0.0869. The standard InChI is InChI=1S/C20H15ClF2N4O3/c1-11-5-6-15(29-2)12(8-11)25-19(28)14-10-18-24-13(16-4-3-7-30-16)9-17(20(21,22)23)27(18)26-14/h3-10H,1-2H3,(H,25,28). The third-order valence-corrected chi connectivity index (χ3v) is 4.52. The van der Waals surface area contributed by atoms with Crippen molar-refractivity contribution >= 4 is 28.8 Å². The van der Waals surface area contributed by atoms with E-state index in [1.54, 1.807) is 24.3 Å². The second-order valence-electron chi connectivity index (χ2n) is 6.46. The zero-order chi connectivity index (χ0) is 21.5. The molecule has 0 spiro atoms. The number of benzene rings is 1. The minimum absolute atomic E-state index is 0.0144. The van der Waals surface area contributed by atoms with Crippen LogP contribution in [-0.2, 0) is 5.38 Å². The first kappa shape index (κ1) is 19.8. The number of aromatic nitrogens is 3. The summed E-state index contributed by atoms with van der Waals surface area (Å²) in [5.41, 5.74) is 0.704. The van der Waals surface area contributed by atoms with Crippen LogP contribution < -0.4 is 10.1 Å². The molecular weight excluding hydrogens is 418 g/mol. The summed E-state index contributed by atoms with van der Waals surface area (Å²) in [5, 5.41) is 2.91. The van der Waals surface area contributed by atoms with E-state index in [0.29, 0.717) is 11.4 Å². The molecule has 7 nitrogen and oxygen atoms in total. The molecule has 1 amide bonds. The zero-order valence-corrected chi connectivity index (χ0v) is 16.6. The summed E-state index contributed by atoms with van der Waals surface area (Å²) in [4.78, 5) is 17.0. The van der Waals surface area contributed by atoms with E-state index in [-0.39, 0.29) is 22.8 Å². The predicted octanol–water partition coefficient (Wildman–Crippen LogP) is 4.85. The molecule has 4 aromatic rings. The second kappa shape index (κ2) is 7.42. The molecule has 0 saturated carbocycles. The summed E-state index contributed by atoms with van der Waals surface area (Å²) in [6.45, 7) is 1.86. The predicted molar refractivity (Wildman–Crippen MR) is 106 cm³/mol. The van der Waals surface area contributed by atoms with Crippen molar-refractivity contribution < 1.29 is 22.7 Å². The van der Waals surface area contributed by atoms with Gasteiger partial charge in [0.2, 0.25) is 0 Å². The van der Waals surface area contributed by atoms with E-state index >= 15 is 0 Å². The number of alkyl halides is 3. The van der Waals surface area contributed by atoms with Gasteiger partial charge in [0, 0.05) is 6.07 Å². The number of fused-ring (bicyclic) bond motifs is 1. The van der Waals surface area contributed by atoms with E-state index in [2.05, 4.69) is 15.4 Å². The molecule has 0 unspecified atom stereocenters. The van der Waals surface area contributed by atoms with E-state index in [0.717, 1.165) is 16.1 Å². The lowest BCUT2D eigenvalue weighted by Crippen LogP contribution is -2.15. The molecule has 30 heavy (non-hydrogen) atoms. The number of anilines is 1. The first-order chi connectivity index (χ1) is 14.3. The van der Waals surface area contributed by atoms with Gasteiger partial charge in [-0.2, -0.15) is 13.9 Å². The van der Waals surface area contributed by atoms with Gasteiger partial charge in [0.15, 0.2) is 17.1 Å². The molecule has 4 rings (SSSR count). The number of rotatable bonds is 5. The Morgan fingerprint density at radius 1 is 1.27 bits per heavy atom. The van der Waals surface area contributed by atoms with E-state index in [1.165, 1.54) is 19.4 Å². The number of aryl methyl sites for hydroxylation is 1. The fourth-order valence-electron chi connectivity index (χ4n) is 2.94. The van der Waals surface area contributed by atoms with Crippen LogP contribution in [0.15, 0.2) is 53.1 Å². The number of ether oxygens (including phenoxy) is 1. The number of carbonyl (C=O) groups excluding carboxylic acids is 1. The van der Waals surface area contributed by atoms with E-state index < -0.39 is 17.0 Å². The Morgan fingerprint density at radius 2 is 2.07 bits per heavy atom. The number of hydrogen-bond acceptors (Lipinski definition) is 5. The second-order valence-corrected chi connectivity index (χ2v) is 6.93. The molecule has 3 aromatic heterocycles. The summed E-state index contributed by atoms with van der Waals surface area (Å²) in [6.07, 6.45) is 1.39. The number of hydrogen-bond donors (Lipinski definition) is 1. The Kier molecular flexibility index (Phi) is 4.90. The van der Waals surface area contributed by atoms with Crippen LogP contribution in [0, 0.1) is 6.92 Å². The highest BCUT2D eigenvalue weighted by molar-refractivity contribution is 6.21. The first-order valence-corrected chi connectivity index (χ1v) is 9.12. The summed E-state index contributed by atoms with van der Waals surface area (Å²) < 4.78 is 39.4. The lowest BCUT2D eigenvalue weighted by atomic mass is 10.2. The Bertz CT molecular complexity index is 1230. The zero-order valence-electron chi connectivity index (χ0n) is 15.8. The van der Waals surface area contributed by atoms with Gasteiger partial charge in [-0.05, 0) is 54.4 Å². The first-order valence-electron chi connectivity index (χ1n) is 8.74. The Labute approximate surface area is 174 Å². The number of carbonyl (C=O) groups is 1. The van der Waals surface area contributed by atoms with Crippen LogP contribution in [0.2, 0.25) is 0 Å². The normalized spacial score (nSPS) is 11.6. The van der Waals surface area contributed by atoms with Crippen LogP contribution in [0.3, 0.4) is 0 Å². The maximum absolute atomic E-state index is 14.0. The quantitative estimate of drug-likeness (QED) is 0.456. The molecule has 0 aliphatic heterocycles. The van der Waals surface area contributed by atoms with Crippen molar-refractivity contribution in [3.05, 3.63) is 65.7 Å². The Balaban J connectivity index is 1.77. The molecule has 0 bridgehead atoms. The molecule has 0 atom stereocenters. The monoisotopic (exact) mass is 432 g/mol. The molecule has 1 N–H and O–H groups in total. The van der Waals surface area contributed by atoms with Crippen LogP contribution in [0.5, 0.6) is 5.75 Å².